The van der Waals surface area contributed by atoms with Crippen LogP contribution in [-0.4, -0.2) is 0 Å². The van der Waals surface area contributed by atoms with Crippen LogP contribution in [0.1, 0.15) is 0 Å². The Labute approximate surface area is 107 Å². The van der Waals surface area contributed by atoms with Crippen molar-refractivity contribution in [1.29, 1.82) is 0 Å². The SMILES string of the molecule is F.F.[Ce+3].[Ce+3].[O-2].[O-2].[O-2]. The first-order valence-electron chi connectivity index (χ1n) is 0. The zero-order valence-corrected chi connectivity index (χ0v) is 9.32. The number of halogens is 2. The van der Waals surface area contributed by atoms with Crippen molar-refractivity contribution in [3.05, 3.63) is 0 Å². The molecule has 0 amide bonds. The monoisotopic (exact) mass is 368 g/mol. The largest absolute Gasteiger partial charge is 3.00 e. The maximum atomic E-state index is 0. The Morgan fingerprint density at radius 1 is 0.429 bits per heavy atom. The fourth-order valence-corrected chi connectivity index (χ4v) is 0. The van der Waals surface area contributed by atoms with E-state index in [-0.39, 0.29) is 109 Å². The van der Waals surface area contributed by atoms with Gasteiger partial charge in [-0.25, -0.2) is 0 Å². The van der Waals surface area contributed by atoms with Crippen LogP contribution < -0.4 is 0 Å². The molecule has 0 bridgehead atoms. The molecule has 0 rings (SSSR count). The van der Waals surface area contributed by atoms with Crippen LogP contribution in [0.25, 0.3) is 0 Å². The third-order valence-corrected chi connectivity index (χ3v) is 0. The van der Waals surface area contributed by atoms with Crippen molar-refractivity contribution in [3.63, 3.8) is 0 Å². The maximum Gasteiger partial charge on any atom is 3.00 e. The minimum Gasteiger partial charge on any atom is -2.00 e. The molecule has 0 N–H and O–H groups in total. The van der Waals surface area contributed by atoms with Gasteiger partial charge in [-0.3, -0.25) is 9.41 Å². The summed E-state index contributed by atoms with van der Waals surface area (Å²) in [5.41, 5.74) is 0. The molecule has 0 fully saturated rings. The molecule has 7 heteroatoms. The fourth-order valence-electron chi connectivity index (χ4n) is 0. The zero-order valence-electron chi connectivity index (χ0n) is 3.04. The van der Waals surface area contributed by atoms with E-state index in [9.17, 15) is 0 Å². The molecule has 7 heavy (non-hydrogen) atoms. The molecule has 0 aliphatic heterocycles. The first kappa shape index (κ1) is 110. The minimum atomic E-state index is 0. The van der Waals surface area contributed by atoms with Gasteiger partial charge in [0.1, 0.15) is 0 Å². The Bertz CT molecular complexity index is 10.9. The number of hydrogen-bond acceptors (Lipinski definition) is 0. The quantitative estimate of drug-likeness (QED) is 0.574. The molecule has 3 nitrogen and oxygen atoms in total. The first-order chi connectivity index (χ1) is 0. The van der Waals surface area contributed by atoms with E-state index < -0.39 is 0 Å². The normalized spacial score (nSPS) is 0. The van der Waals surface area contributed by atoms with Gasteiger partial charge < -0.3 is 16.4 Å². The number of hydrogen-bond donors (Lipinski definition) is 0. The van der Waals surface area contributed by atoms with Gasteiger partial charge in [0.05, 0.1) is 0 Å². The van der Waals surface area contributed by atoms with Crippen LogP contribution in [0.2, 0.25) is 0 Å². The second kappa shape index (κ2) is 76.7. The molecule has 0 saturated heterocycles. The van der Waals surface area contributed by atoms with E-state index in [4.69, 9.17) is 0 Å². The summed E-state index contributed by atoms with van der Waals surface area (Å²) >= 11 is 0. The molecule has 0 saturated carbocycles. The predicted octanol–water partition coefficient (Wildman–Crippen LogP) is -0.0514. The van der Waals surface area contributed by atoms with Gasteiger partial charge in [0.2, 0.25) is 0 Å². The van der Waals surface area contributed by atoms with Gasteiger partial charge in [-0.15, -0.1) is 0 Å². The fraction of sp³-hybridized carbons (Fsp3) is 0. The molecule has 0 spiro atoms. The van der Waals surface area contributed by atoms with Crippen LogP contribution >= 0.6 is 0 Å². The molecule has 0 aliphatic carbocycles. The Morgan fingerprint density at radius 2 is 0.429 bits per heavy atom. The van der Waals surface area contributed by atoms with E-state index >= 15 is 0 Å². The second-order valence-electron chi connectivity index (χ2n) is 0. The van der Waals surface area contributed by atoms with Gasteiger partial charge in [0.25, 0.3) is 0 Å². The van der Waals surface area contributed by atoms with Gasteiger partial charge in [-0.2, -0.15) is 0 Å². The van der Waals surface area contributed by atoms with Gasteiger partial charge in [0.15, 0.2) is 0 Å². The van der Waals surface area contributed by atoms with Crippen molar-refractivity contribution in [2.24, 2.45) is 0 Å². The van der Waals surface area contributed by atoms with E-state index in [1.54, 1.807) is 0 Å². The van der Waals surface area contributed by atoms with Crippen molar-refractivity contribution in [3.8, 4) is 0 Å². The van der Waals surface area contributed by atoms with Crippen LogP contribution in [0.3, 0.4) is 0 Å². The summed E-state index contributed by atoms with van der Waals surface area (Å²) in [6, 6.07) is 0. The van der Waals surface area contributed by atoms with Crippen LogP contribution in [0, 0.1) is 83.5 Å². The Morgan fingerprint density at radius 3 is 0.429 bits per heavy atom. The summed E-state index contributed by atoms with van der Waals surface area (Å²) < 4.78 is 0. The summed E-state index contributed by atoms with van der Waals surface area (Å²) in [6.45, 7) is 0. The van der Waals surface area contributed by atoms with Crippen molar-refractivity contribution >= 4 is 0 Å². The molecule has 0 unspecified atom stereocenters. The van der Waals surface area contributed by atoms with Crippen molar-refractivity contribution < 1.29 is 109 Å². The Hall–Kier alpha value is 2.49. The van der Waals surface area contributed by atoms with Crippen LogP contribution in [0.5, 0.6) is 0 Å². The maximum absolute atomic E-state index is 0. The van der Waals surface area contributed by atoms with Crippen LogP contribution in [0.15, 0.2) is 0 Å². The molecule has 0 aromatic carbocycles. The molecule has 0 aromatic rings. The van der Waals surface area contributed by atoms with Gasteiger partial charge in [-0.05, 0) is 0 Å². The van der Waals surface area contributed by atoms with Gasteiger partial charge >= 0.3 is 83.5 Å². The molecule has 0 aromatic heterocycles. The van der Waals surface area contributed by atoms with Crippen molar-refractivity contribution in [2.45, 2.75) is 0 Å². The third-order valence-electron chi connectivity index (χ3n) is 0. The second-order valence-corrected chi connectivity index (χ2v) is 0. The third kappa shape index (κ3) is 57.6. The molecule has 0 aliphatic rings. The van der Waals surface area contributed by atoms with Crippen molar-refractivity contribution in [1.82, 2.24) is 0 Å². The number of rotatable bonds is 0. The molecular weight excluding hydrogens is 366 g/mol. The average molecular weight is 368 g/mol. The van der Waals surface area contributed by atoms with E-state index in [1.165, 1.54) is 0 Å². The molecule has 0 heterocycles. The minimum absolute atomic E-state index is 0. The topological polar surface area (TPSA) is 85.5 Å². The van der Waals surface area contributed by atoms with E-state index in [0.29, 0.717) is 0 Å². The first-order valence-corrected chi connectivity index (χ1v) is 0. The Balaban J connectivity index is 0. The molecule has 2 radical (unpaired) electrons. The summed E-state index contributed by atoms with van der Waals surface area (Å²) in [5.74, 6) is 0. The smallest absolute Gasteiger partial charge is 2.00 e. The predicted molar refractivity (Wildman–Crippen MR) is 7.07 cm³/mol. The van der Waals surface area contributed by atoms with Crippen molar-refractivity contribution in [2.75, 3.05) is 0 Å². The van der Waals surface area contributed by atoms with Crippen LogP contribution in [0.4, 0.5) is 9.41 Å². The van der Waals surface area contributed by atoms with E-state index in [0.717, 1.165) is 0 Å². The molecule has 0 atom stereocenters. The Kier molecular flexibility index (Phi) is 1210. The van der Waals surface area contributed by atoms with Gasteiger partial charge in [-0.1, -0.05) is 0 Å². The summed E-state index contributed by atoms with van der Waals surface area (Å²) in [4.78, 5) is 0. The zero-order chi connectivity index (χ0) is 0. The standard InChI is InChI=1S/2Ce.2FH.3O/h;;2*1H;;;/q2*+3;;;3*-2. The molecule has 42 valence electrons. The van der Waals surface area contributed by atoms with E-state index in [2.05, 4.69) is 0 Å². The van der Waals surface area contributed by atoms with Gasteiger partial charge in [0, 0.05) is 0 Å². The summed E-state index contributed by atoms with van der Waals surface area (Å²) in [7, 11) is 0. The summed E-state index contributed by atoms with van der Waals surface area (Å²) in [5, 5.41) is 0. The molecular formula is H2Ce2F2O3. The van der Waals surface area contributed by atoms with E-state index in [1.807, 2.05) is 0 Å². The average Bonchev–Trinajstić information content (AvgIpc) is 0. The van der Waals surface area contributed by atoms with Crippen LogP contribution in [-0.2, 0) is 16.4 Å². The summed E-state index contributed by atoms with van der Waals surface area (Å²) in [6.07, 6.45) is 0.